The highest BCUT2D eigenvalue weighted by atomic mass is 16.4. The summed E-state index contributed by atoms with van der Waals surface area (Å²) in [6, 6.07) is 5.87. The lowest BCUT2D eigenvalue weighted by Crippen LogP contribution is -2.37. The van der Waals surface area contributed by atoms with Crippen LogP contribution in [0.2, 0.25) is 0 Å². The number of carbonyl (C=O) groups is 2. The highest BCUT2D eigenvalue weighted by Crippen LogP contribution is 2.29. The lowest BCUT2D eigenvalue weighted by molar-refractivity contribution is -0.137. The Morgan fingerprint density at radius 2 is 2.05 bits per heavy atom. The molecular weight excluding hydrogens is 268 g/mol. The van der Waals surface area contributed by atoms with Crippen molar-refractivity contribution in [3.63, 3.8) is 0 Å². The zero-order valence-corrected chi connectivity index (χ0v) is 12.1. The third kappa shape index (κ3) is 2.51. The zero-order chi connectivity index (χ0) is 15.1. The van der Waals surface area contributed by atoms with E-state index in [0.717, 1.165) is 29.3 Å². The van der Waals surface area contributed by atoms with E-state index in [9.17, 15) is 9.59 Å². The van der Waals surface area contributed by atoms with Gasteiger partial charge < -0.3 is 15.0 Å². The number of amides is 1. The second-order valence-corrected chi connectivity index (χ2v) is 5.71. The van der Waals surface area contributed by atoms with E-state index in [2.05, 4.69) is 4.98 Å². The molecule has 1 saturated carbocycles. The van der Waals surface area contributed by atoms with E-state index in [0.29, 0.717) is 5.69 Å². The van der Waals surface area contributed by atoms with Gasteiger partial charge in [-0.2, -0.15) is 0 Å². The van der Waals surface area contributed by atoms with Gasteiger partial charge in [0.15, 0.2) is 0 Å². The number of carboxylic acids is 1. The van der Waals surface area contributed by atoms with Crippen LogP contribution in [-0.4, -0.2) is 39.5 Å². The van der Waals surface area contributed by atoms with Gasteiger partial charge in [0, 0.05) is 16.9 Å². The van der Waals surface area contributed by atoms with Crippen LogP contribution in [0.25, 0.3) is 10.9 Å². The van der Waals surface area contributed by atoms with Gasteiger partial charge in [-0.05, 0) is 49.9 Å². The van der Waals surface area contributed by atoms with Crippen LogP contribution in [0.3, 0.4) is 0 Å². The van der Waals surface area contributed by atoms with Gasteiger partial charge in [-0.25, -0.2) is 0 Å². The molecule has 21 heavy (non-hydrogen) atoms. The van der Waals surface area contributed by atoms with E-state index in [1.165, 1.54) is 10.5 Å². The molecule has 1 amide bonds. The molecule has 0 unspecified atom stereocenters. The van der Waals surface area contributed by atoms with Crippen molar-refractivity contribution in [3.05, 3.63) is 35.0 Å². The summed E-state index contributed by atoms with van der Waals surface area (Å²) in [5.74, 6) is -1.20. The standard InChI is InChI=1S/C16H18N2O3/c1-9-3-6-13-12(10(9)2)7-14(17-13)16(21)18(8-15(19)20)11-4-5-11/h3,6-7,11,17H,4-5,8H2,1-2H3,(H,19,20). The number of fused-ring (bicyclic) bond motifs is 1. The molecule has 1 aliphatic rings. The molecule has 2 aromatic rings. The number of aliphatic carboxylic acids is 1. The fourth-order valence-electron chi connectivity index (χ4n) is 2.63. The molecule has 0 spiro atoms. The van der Waals surface area contributed by atoms with E-state index in [1.807, 2.05) is 32.0 Å². The van der Waals surface area contributed by atoms with Crippen LogP contribution >= 0.6 is 0 Å². The van der Waals surface area contributed by atoms with Gasteiger partial charge in [-0.15, -0.1) is 0 Å². The molecule has 1 aliphatic carbocycles. The lowest BCUT2D eigenvalue weighted by Gasteiger charge is -2.19. The number of hydrogen-bond acceptors (Lipinski definition) is 2. The van der Waals surface area contributed by atoms with E-state index in [4.69, 9.17) is 5.11 Å². The molecule has 110 valence electrons. The monoisotopic (exact) mass is 286 g/mol. The molecule has 5 nitrogen and oxygen atoms in total. The Bertz CT molecular complexity index is 728. The first-order valence-corrected chi connectivity index (χ1v) is 7.09. The summed E-state index contributed by atoms with van der Waals surface area (Å²) in [6.07, 6.45) is 1.77. The summed E-state index contributed by atoms with van der Waals surface area (Å²) in [5.41, 5.74) is 3.68. The number of carboxylic acid groups (broad SMARTS) is 1. The predicted octanol–water partition coefficient (Wildman–Crippen LogP) is 2.47. The molecule has 0 aliphatic heterocycles. The van der Waals surface area contributed by atoms with Crippen LogP contribution in [0.15, 0.2) is 18.2 Å². The highest BCUT2D eigenvalue weighted by Gasteiger charge is 2.34. The Morgan fingerprint density at radius 1 is 1.33 bits per heavy atom. The number of aromatic nitrogens is 1. The fourth-order valence-corrected chi connectivity index (χ4v) is 2.63. The second-order valence-electron chi connectivity index (χ2n) is 5.71. The van der Waals surface area contributed by atoms with Crippen molar-refractivity contribution in [2.45, 2.75) is 32.7 Å². The van der Waals surface area contributed by atoms with Gasteiger partial charge in [-0.3, -0.25) is 9.59 Å². The van der Waals surface area contributed by atoms with Gasteiger partial charge in [0.2, 0.25) is 0 Å². The summed E-state index contributed by atoms with van der Waals surface area (Å²) >= 11 is 0. The maximum atomic E-state index is 12.6. The molecule has 0 atom stereocenters. The number of aromatic amines is 1. The molecule has 1 heterocycles. The average Bonchev–Trinajstić information content (AvgIpc) is 3.18. The molecule has 2 N–H and O–H groups in total. The molecule has 1 fully saturated rings. The van der Waals surface area contributed by atoms with Crippen LogP contribution in [-0.2, 0) is 4.79 Å². The molecule has 1 aromatic carbocycles. The Labute approximate surface area is 122 Å². The Kier molecular flexibility index (Phi) is 3.20. The Hall–Kier alpha value is -2.30. The van der Waals surface area contributed by atoms with E-state index < -0.39 is 5.97 Å². The number of aryl methyl sites for hydroxylation is 2. The third-order valence-electron chi connectivity index (χ3n) is 4.13. The molecule has 0 bridgehead atoms. The SMILES string of the molecule is Cc1ccc2[nH]c(C(=O)N(CC(=O)O)C3CC3)cc2c1C. The minimum absolute atomic E-state index is 0.0721. The van der Waals surface area contributed by atoms with Crippen molar-refractivity contribution in [2.75, 3.05) is 6.54 Å². The molecule has 1 aromatic heterocycles. The van der Waals surface area contributed by atoms with Crippen LogP contribution in [0.4, 0.5) is 0 Å². The van der Waals surface area contributed by atoms with Gasteiger partial charge in [0.05, 0.1) is 0 Å². The number of nitrogens with one attached hydrogen (secondary N) is 1. The quantitative estimate of drug-likeness (QED) is 0.906. The molecule has 3 rings (SSSR count). The van der Waals surface area contributed by atoms with Crippen molar-refractivity contribution in [1.29, 1.82) is 0 Å². The van der Waals surface area contributed by atoms with Crippen LogP contribution < -0.4 is 0 Å². The summed E-state index contributed by atoms with van der Waals surface area (Å²) in [5, 5.41) is 9.99. The van der Waals surface area contributed by atoms with Gasteiger partial charge in [0.25, 0.3) is 5.91 Å². The second kappa shape index (κ2) is 4.91. The van der Waals surface area contributed by atoms with Crippen molar-refractivity contribution in [3.8, 4) is 0 Å². The first kappa shape index (κ1) is 13.7. The maximum Gasteiger partial charge on any atom is 0.323 e. The van der Waals surface area contributed by atoms with Gasteiger partial charge in [-0.1, -0.05) is 6.07 Å². The first-order valence-electron chi connectivity index (χ1n) is 7.09. The summed E-state index contributed by atoms with van der Waals surface area (Å²) < 4.78 is 0. The van der Waals surface area contributed by atoms with Gasteiger partial charge in [0.1, 0.15) is 12.2 Å². The van der Waals surface area contributed by atoms with Crippen molar-refractivity contribution in [1.82, 2.24) is 9.88 Å². The number of benzene rings is 1. The van der Waals surface area contributed by atoms with Crippen molar-refractivity contribution >= 4 is 22.8 Å². The topological polar surface area (TPSA) is 73.4 Å². The summed E-state index contributed by atoms with van der Waals surface area (Å²) in [7, 11) is 0. The van der Waals surface area contributed by atoms with E-state index in [1.54, 1.807) is 0 Å². The van der Waals surface area contributed by atoms with Crippen molar-refractivity contribution < 1.29 is 14.7 Å². The smallest absolute Gasteiger partial charge is 0.323 e. The lowest BCUT2D eigenvalue weighted by atomic mass is 10.1. The van der Waals surface area contributed by atoms with Crippen LogP contribution in [0.5, 0.6) is 0 Å². The van der Waals surface area contributed by atoms with Crippen molar-refractivity contribution in [2.24, 2.45) is 0 Å². The summed E-state index contributed by atoms with van der Waals surface area (Å²) in [6.45, 7) is 3.82. The van der Waals surface area contributed by atoms with E-state index >= 15 is 0 Å². The van der Waals surface area contributed by atoms with Crippen LogP contribution in [0, 0.1) is 13.8 Å². The zero-order valence-electron chi connectivity index (χ0n) is 12.1. The molecule has 5 heteroatoms. The summed E-state index contributed by atoms with van der Waals surface area (Å²) in [4.78, 5) is 28.1. The number of rotatable bonds is 4. The molecular formula is C16H18N2O3. The molecule has 0 saturated heterocycles. The minimum Gasteiger partial charge on any atom is -0.480 e. The highest BCUT2D eigenvalue weighted by molar-refractivity contribution is 6.00. The number of carbonyl (C=O) groups excluding carboxylic acids is 1. The molecule has 0 radical (unpaired) electrons. The largest absolute Gasteiger partial charge is 0.480 e. The third-order valence-corrected chi connectivity index (χ3v) is 4.13. The predicted molar refractivity (Wildman–Crippen MR) is 79.5 cm³/mol. The normalized spacial score (nSPS) is 14.4. The minimum atomic E-state index is -0.974. The number of nitrogens with zero attached hydrogens (tertiary/aromatic N) is 1. The van der Waals surface area contributed by atoms with Gasteiger partial charge >= 0.3 is 5.97 Å². The maximum absolute atomic E-state index is 12.6. The number of H-pyrrole nitrogens is 1. The first-order chi connectivity index (χ1) is 9.97. The fraction of sp³-hybridized carbons (Fsp3) is 0.375. The van der Waals surface area contributed by atoms with Crippen LogP contribution in [0.1, 0.15) is 34.5 Å². The number of hydrogen-bond donors (Lipinski definition) is 2. The average molecular weight is 286 g/mol. The Balaban J connectivity index is 1.97. The Morgan fingerprint density at radius 3 is 2.67 bits per heavy atom. The van der Waals surface area contributed by atoms with E-state index in [-0.39, 0.29) is 18.5 Å².